The quantitative estimate of drug-likeness (QED) is 0.890. The maximum absolute atomic E-state index is 10.9. The largest absolute Gasteiger partial charge is 0.477 e. The molecule has 0 unspecified atom stereocenters. The molecule has 0 aliphatic heterocycles. The lowest BCUT2D eigenvalue weighted by Gasteiger charge is -2.19. The number of aromatic carboxylic acids is 1. The second-order valence-corrected chi connectivity index (χ2v) is 5.09. The molecule has 0 spiro atoms. The number of nitriles is 1. The number of thiazole rings is 1. The smallest absolute Gasteiger partial charge is 0.349 e. The predicted octanol–water partition coefficient (Wildman–Crippen LogP) is 2.38. The highest BCUT2D eigenvalue weighted by Crippen LogP contribution is 2.36. The summed E-state index contributed by atoms with van der Waals surface area (Å²) in [7, 11) is 0. The molecule has 7 heteroatoms. The van der Waals surface area contributed by atoms with Gasteiger partial charge in [0.05, 0.1) is 12.5 Å². The summed E-state index contributed by atoms with van der Waals surface area (Å²) in [6, 6.07) is 2.46. The Labute approximate surface area is 107 Å². The van der Waals surface area contributed by atoms with Gasteiger partial charge in [0, 0.05) is 12.6 Å². The number of carboxylic acid groups (broad SMARTS) is 1. The average Bonchev–Trinajstić information content (AvgIpc) is 3.02. The first-order valence-electron chi connectivity index (χ1n) is 5.16. The van der Waals surface area contributed by atoms with Gasteiger partial charge >= 0.3 is 5.97 Å². The summed E-state index contributed by atoms with van der Waals surface area (Å²) in [5.41, 5.74) is 0. The monoisotopic (exact) mass is 271 g/mol. The van der Waals surface area contributed by atoms with E-state index in [-0.39, 0.29) is 10.0 Å². The minimum atomic E-state index is -1.06. The van der Waals surface area contributed by atoms with Crippen LogP contribution in [0.15, 0.2) is 0 Å². The third kappa shape index (κ3) is 2.68. The number of rotatable bonds is 5. The molecule has 1 N–H and O–H groups in total. The van der Waals surface area contributed by atoms with E-state index in [1.807, 2.05) is 4.90 Å². The molecule has 1 fully saturated rings. The molecule has 5 nitrogen and oxygen atoms in total. The van der Waals surface area contributed by atoms with Crippen molar-refractivity contribution in [2.75, 3.05) is 11.4 Å². The van der Waals surface area contributed by atoms with Gasteiger partial charge in [0.2, 0.25) is 0 Å². The molecule has 0 saturated heterocycles. The van der Waals surface area contributed by atoms with E-state index < -0.39 is 5.97 Å². The third-order valence-corrected chi connectivity index (χ3v) is 3.93. The molecule has 1 aliphatic carbocycles. The number of nitrogens with zero attached hydrogens (tertiary/aromatic N) is 3. The molecular weight excluding hydrogens is 262 g/mol. The Bertz CT molecular complexity index is 478. The average molecular weight is 272 g/mol. The lowest BCUT2D eigenvalue weighted by molar-refractivity contribution is 0.0702. The number of hydrogen-bond donors (Lipinski definition) is 1. The Morgan fingerprint density at radius 3 is 2.88 bits per heavy atom. The highest BCUT2D eigenvalue weighted by atomic mass is 35.5. The molecule has 0 atom stereocenters. The zero-order chi connectivity index (χ0) is 12.4. The number of carbonyl (C=O) groups is 1. The number of aromatic nitrogens is 1. The van der Waals surface area contributed by atoms with Gasteiger partial charge < -0.3 is 10.0 Å². The van der Waals surface area contributed by atoms with Gasteiger partial charge in [-0.1, -0.05) is 22.9 Å². The molecule has 90 valence electrons. The first kappa shape index (κ1) is 12.1. The Morgan fingerprint density at radius 1 is 1.71 bits per heavy atom. The van der Waals surface area contributed by atoms with E-state index in [9.17, 15) is 4.79 Å². The Kier molecular flexibility index (Phi) is 3.50. The van der Waals surface area contributed by atoms with E-state index >= 15 is 0 Å². The zero-order valence-corrected chi connectivity index (χ0v) is 10.5. The fraction of sp³-hybridized carbons (Fsp3) is 0.500. The van der Waals surface area contributed by atoms with E-state index in [4.69, 9.17) is 22.0 Å². The highest BCUT2D eigenvalue weighted by Gasteiger charge is 2.32. The normalized spacial score (nSPS) is 14.4. The molecule has 0 radical (unpaired) electrons. The number of halogens is 1. The van der Waals surface area contributed by atoms with Crippen LogP contribution < -0.4 is 4.90 Å². The lowest BCUT2D eigenvalue weighted by Crippen LogP contribution is -2.26. The lowest BCUT2D eigenvalue weighted by atomic mass is 10.4. The van der Waals surface area contributed by atoms with Crippen molar-refractivity contribution in [2.24, 2.45) is 0 Å². The minimum Gasteiger partial charge on any atom is -0.477 e. The van der Waals surface area contributed by atoms with Gasteiger partial charge in [-0.05, 0) is 12.8 Å². The highest BCUT2D eigenvalue weighted by molar-refractivity contribution is 7.18. The number of anilines is 1. The van der Waals surface area contributed by atoms with Gasteiger partial charge in [-0.2, -0.15) is 5.26 Å². The fourth-order valence-corrected chi connectivity index (χ4v) is 2.76. The third-order valence-electron chi connectivity index (χ3n) is 2.47. The molecular formula is C10H10ClN3O2S. The van der Waals surface area contributed by atoms with E-state index in [1.54, 1.807) is 0 Å². The molecule has 2 rings (SSSR count). The summed E-state index contributed by atoms with van der Waals surface area (Å²) < 4.78 is 0. The molecule has 0 aromatic carbocycles. The Hall–Kier alpha value is -1.32. The molecule has 1 heterocycles. The molecule has 0 bridgehead atoms. The molecule has 0 amide bonds. The van der Waals surface area contributed by atoms with Crippen LogP contribution in [0, 0.1) is 11.3 Å². The van der Waals surface area contributed by atoms with Crippen molar-refractivity contribution in [3.63, 3.8) is 0 Å². The standard InChI is InChI=1S/C10H10ClN3O2S/c11-8-7(9(15)16)17-10(13-8)14(5-1-4-12)6-2-3-6/h6H,1-3,5H2,(H,15,16). The van der Waals surface area contributed by atoms with Crippen LogP contribution in [0.25, 0.3) is 0 Å². The van der Waals surface area contributed by atoms with Gasteiger partial charge in [0.15, 0.2) is 15.2 Å². The van der Waals surface area contributed by atoms with Crippen LogP contribution in [-0.2, 0) is 0 Å². The summed E-state index contributed by atoms with van der Waals surface area (Å²) in [5.74, 6) is -1.06. The van der Waals surface area contributed by atoms with E-state index in [0.29, 0.717) is 24.1 Å². The molecule has 1 aliphatic rings. The zero-order valence-electron chi connectivity index (χ0n) is 8.89. The molecule has 1 aromatic heterocycles. The van der Waals surface area contributed by atoms with Crippen LogP contribution in [0.1, 0.15) is 28.9 Å². The summed E-state index contributed by atoms with van der Waals surface area (Å²) >= 11 is 6.84. The first-order chi connectivity index (χ1) is 8.13. The van der Waals surface area contributed by atoms with E-state index in [1.165, 1.54) is 0 Å². The number of carboxylic acids is 1. The van der Waals surface area contributed by atoms with Crippen LogP contribution in [0.5, 0.6) is 0 Å². The summed E-state index contributed by atoms with van der Waals surface area (Å²) in [6.07, 6.45) is 2.52. The van der Waals surface area contributed by atoms with Gasteiger partial charge in [-0.15, -0.1) is 0 Å². The van der Waals surface area contributed by atoms with Crippen molar-refractivity contribution in [3.8, 4) is 6.07 Å². The van der Waals surface area contributed by atoms with E-state index in [2.05, 4.69) is 11.1 Å². The molecule has 17 heavy (non-hydrogen) atoms. The van der Waals surface area contributed by atoms with Crippen LogP contribution in [-0.4, -0.2) is 28.6 Å². The van der Waals surface area contributed by atoms with Gasteiger partial charge in [0.1, 0.15) is 0 Å². The SMILES string of the molecule is N#CCCN(c1nc(Cl)c(C(=O)O)s1)C1CC1. The van der Waals surface area contributed by atoms with Crippen LogP contribution >= 0.6 is 22.9 Å². The maximum Gasteiger partial charge on any atom is 0.349 e. The van der Waals surface area contributed by atoms with Crippen molar-refractivity contribution in [2.45, 2.75) is 25.3 Å². The fourth-order valence-electron chi connectivity index (χ4n) is 1.54. The topological polar surface area (TPSA) is 77.2 Å². The van der Waals surface area contributed by atoms with Crippen molar-refractivity contribution in [1.82, 2.24) is 4.98 Å². The molecule has 1 aromatic rings. The second-order valence-electron chi connectivity index (χ2n) is 3.75. The predicted molar refractivity (Wildman–Crippen MR) is 64.7 cm³/mol. The van der Waals surface area contributed by atoms with Crippen LogP contribution in [0.2, 0.25) is 5.15 Å². The van der Waals surface area contributed by atoms with Crippen molar-refractivity contribution in [3.05, 3.63) is 10.0 Å². The van der Waals surface area contributed by atoms with Crippen LogP contribution in [0.4, 0.5) is 5.13 Å². The first-order valence-corrected chi connectivity index (χ1v) is 6.36. The van der Waals surface area contributed by atoms with Gasteiger partial charge in [-0.25, -0.2) is 9.78 Å². The second kappa shape index (κ2) is 4.90. The molecule has 1 saturated carbocycles. The Balaban J connectivity index is 2.21. The van der Waals surface area contributed by atoms with Crippen molar-refractivity contribution < 1.29 is 9.90 Å². The Morgan fingerprint density at radius 2 is 2.41 bits per heavy atom. The summed E-state index contributed by atoms with van der Waals surface area (Å²) in [5, 5.41) is 18.1. The summed E-state index contributed by atoms with van der Waals surface area (Å²) in [6.45, 7) is 0.573. The van der Waals surface area contributed by atoms with Gasteiger partial charge in [0.25, 0.3) is 0 Å². The minimum absolute atomic E-state index is 0.0279. The van der Waals surface area contributed by atoms with Gasteiger partial charge in [-0.3, -0.25) is 0 Å². The van der Waals surface area contributed by atoms with Crippen LogP contribution in [0.3, 0.4) is 0 Å². The maximum atomic E-state index is 10.9. The summed E-state index contributed by atoms with van der Waals surface area (Å²) in [4.78, 5) is 17.0. The van der Waals surface area contributed by atoms with Crippen molar-refractivity contribution in [1.29, 1.82) is 5.26 Å². The van der Waals surface area contributed by atoms with Crippen molar-refractivity contribution >= 4 is 34.0 Å². The number of hydrogen-bond acceptors (Lipinski definition) is 5. The van der Waals surface area contributed by atoms with E-state index in [0.717, 1.165) is 24.2 Å².